The highest BCUT2D eigenvalue weighted by Gasteiger charge is 2.12. The number of nitrogens with zero attached hydrogens (tertiary/aromatic N) is 2. The summed E-state index contributed by atoms with van der Waals surface area (Å²) in [5.74, 6) is 0.355. The number of rotatable bonds is 5. The summed E-state index contributed by atoms with van der Waals surface area (Å²) >= 11 is 0. The van der Waals surface area contributed by atoms with Crippen LogP contribution in [0.25, 0.3) is 0 Å². The zero-order chi connectivity index (χ0) is 17.6. The van der Waals surface area contributed by atoms with Gasteiger partial charge in [0, 0.05) is 17.8 Å². The molecule has 25 heavy (non-hydrogen) atoms. The van der Waals surface area contributed by atoms with Crippen molar-refractivity contribution >= 4 is 17.4 Å². The average Bonchev–Trinajstić information content (AvgIpc) is 2.64. The monoisotopic (exact) mass is 332 g/mol. The Balaban J connectivity index is 1.73. The SMILES string of the molecule is Cc1ccccc1NC(=O)c1cc(NC(C)c2ccccc2)ncn1. The minimum Gasteiger partial charge on any atom is -0.363 e. The van der Waals surface area contributed by atoms with Gasteiger partial charge in [-0.25, -0.2) is 9.97 Å². The fraction of sp³-hybridized carbons (Fsp3) is 0.150. The highest BCUT2D eigenvalue weighted by atomic mass is 16.1. The predicted octanol–water partition coefficient (Wildman–Crippen LogP) is 4.21. The van der Waals surface area contributed by atoms with Crippen LogP contribution in [-0.4, -0.2) is 15.9 Å². The van der Waals surface area contributed by atoms with Crippen LogP contribution in [0.2, 0.25) is 0 Å². The number of aryl methyl sites for hydroxylation is 1. The molecule has 0 saturated heterocycles. The van der Waals surface area contributed by atoms with Crippen molar-refractivity contribution in [1.29, 1.82) is 0 Å². The largest absolute Gasteiger partial charge is 0.363 e. The standard InChI is InChI=1S/C20H20N4O/c1-14-8-6-7-11-17(14)24-20(25)18-12-19(22-13-21-18)23-15(2)16-9-4-3-5-10-16/h3-13,15H,1-2H3,(H,24,25)(H,21,22,23). The summed E-state index contributed by atoms with van der Waals surface area (Å²) in [4.78, 5) is 20.7. The summed E-state index contributed by atoms with van der Waals surface area (Å²) < 4.78 is 0. The van der Waals surface area contributed by atoms with Crippen LogP contribution < -0.4 is 10.6 Å². The normalized spacial score (nSPS) is 11.6. The van der Waals surface area contributed by atoms with Crippen LogP contribution in [0, 0.1) is 6.92 Å². The molecule has 1 unspecified atom stereocenters. The van der Waals surface area contributed by atoms with Gasteiger partial charge in [0.05, 0.1) is 0 Å². The average molecular weight is 332 g/mol. The number of anilines is 2. The van der Waals surface area contributed by atoms with Crippen molar-refractivity contribution in [2.75, 3.05) is 10.6 Å². The fourth-order valence-electron chi connectivity index (χ4n) is 2.51. The van der Waals surface area contributed by atoms with Gasteiger partial charge in [0.1, 0.15) is 17.8 Å². The van der Waals surface area contributed by atoms with Crippen LogP contribution >= 0.6 is 0 Å². The minimum atomic E-state index is -0.257. The summed E-state index contributed by atoms with van der Waals surface area (Å²) in [5.41, 5.74) is 3.24. The number of hydrogen-bond acceptors (Lipinski definition) is 4. The second-order valence-corrected chi connectivity index (χ2v) is 5.83. The van der Waals surface area contributed by atoms with E-state index in [4.69, 9.17) is 0 Å². The Hall–Kier alpha value is -3.21. The topological polar surface area (TPSA) is 66.9 Å². The molecule has 1 aromatic heterocycles. The van der Waals surface area contributed by atoms with Crippen LogP contribution in [0.3, 0.4) is 0 Å². The Morgan fingerprint density at radius 3 is 2.48 bits per heavy atom. The van der Waals surface area contributed by atoms with Gasteiger partial charge in [-0.05, 0) is 31.0 Å². The number of hydrogen-bond donors (Lipinski definition) is 2. The molecule has 2 N–H and O–H groups in total. The lowest BCUT2D eigenvalue weighted by Gasteiger charge is -2.15. The van der Waals surface area contributed by atoms with Gasteiger partial charge in [0.2, 0.25) is 0 Å². The summed E-state index contributed by atoms with van der Waals surface area (Å²) in [6, 6.07) is 19.4. The number of nitrogens with one attached hydrogen (secondary N) is 2. The smallest absolute Gasteiger partial charge is 0.274 e. The summed E-state index contributed by atoms with van der Waals surface area (Å²) in [5, 5.41) is 6.18. The van der Waals surface area contributed by atoms with E-state index in [-0.39, 0.29) is 11.9 Å². The molecule has 0 aliphatic heterocycles. The van der Waals surface area contributed by atoms with E-state index in [1.165, 1.54) is 6.33 Å². The van der Waals surface area contributed by atoms with Gasteiger partial charge in [-0.15, -0.1) is 0 Å². The first-order valence-corrected chi connectivity index (χ1v) is 8.14. The Morgan fingerprint density at radius 2 is 1.72 bits per heavy atom. The van der Waals surface area contributed by atoms with Crippen molar-refractivity contribution in [2.45, 2.75) is 19.9 Å². The first kappa shape index (κ1) is 16.6. The van der Waals surface area contributed by atoms with E-state index in [2.05, 4.69) is 20.6 Å². The molecule has 2 aromatic carbocycles. The van der Waals surface area contributed by atoms with Crippen molar-refractivity contribution < 1.29 is 4.79 Å². The lowest BCUT2D eigenvalue weighted by molar-refractivity contribution is 0.102. The molecular formula is C20H20N4O. The van der Waals surface area contributed by atoms with Crippen LogP contribution in [0.15, 0.2) is 67.0 Å². The molecule has 5 heteroatoms. The van der Waals surface area contributed by atoms with Crippen molar-refractivity contribution in [3.63, 3.8) is 0 Å². The predicted molar refractivity (Wildman–Crippen MR) is 99.6 cm³/mol. The maximum Gasteiger partial charge on any atom is 0.274 e. The fourth-order valence-corrected chi connectivity index (χ4v) is 2.51. The Bertz CT molecular complexity index is 864. The van der Waals surface area contributed by atoms with Gasteiger partial charge >= 0.3 is 0 Å². The third-order valence-electron chi connectivity index (χ3n) is 3.96. The molecule has 0 bridgehead atoms. The summed E-state index contributed by atoms with van der Waals surface area (Å²) in [6.45, 7) is 3.99. The minimum absolute atomic E-state index is 0.0726. The highest BCUT2D eigenvalue weighted by Crippen LogP contribution is 2.18. The maximum absolute atomic E-state index is 12.4. The highest BCUT2D eigenvalue weighted by molar-refractivity contribution is 6.03. The zero-order valence-corrected chi connectivity index (χ0v) is 14.2. The first-order valence-electron chi connectivity index (χ1n) is 8.14. The van der Waals surface area contributed by atoms with Gasteiger partial charge in [0.15, 0.2) is 0 Å². The molecular weight excluding hydrogens is 312 g/mol. The third kappa shape index (κ3) is 4.20. The first-order chi connectivity index (χ1) is 12.1. The van der Waals surface area contributed by atoms with E-state index in [1.54, 1.807) is 6.07 Å². The van der Waals surface area contributed by atoms with E-state index in [9.17, 15) is 4.79 Å². The lowest BCUT2D eigenvalue weighted by Crippen LogP contribution is -2.16. The summed E-state index contributed by atoms with van der Waals surface area (Å²) in [6.07, 6.45) is 1.40. The van der Waals surface area contributed by atoms with Gasteiger partial charge < -0.3 is 10.6 Å². The van der Waals surface area contributed by atoms with E-state index < -0.39 is 0 Å². The molecule has 3 rings (SSSR count). The van der Waals surface area contributed by atoms with Gasteiger partial charge in [-0.2, -0.15) is 0 Å². The van der Waals surface area contributed by atoms with Crippen LogP contribution in [0.5, 0.6) is 0 Å². The van der Waals surface area contributed by atoms with E-state index in [0.717, 1.165) is 16.8 Å². The zero-order valence-electron chi connectivity index (χ0n) is 14.2. The molecule has 0 saturated carbocycles. The van der Waals surface area contributed by atoms with Crippen molar-refractivity contribution in [2.24, 2.45) is 0 Å². The van der Waals surface area contributed by atoms with Crippen LogP contribution in [0.1, 0.15) is 34.6 Å². The molecule has 1 atom stereocenters. The lowest BCUT2D eigenvalue weighted by atomic mass is 10.1. The molecule has 5 nitrogen and oxygen atoms in total. The van der Waals surface area contributed by atoms with Crippen LogP contribution in [-0.2, 0) is 0 Å². The van der Waals surface area contributed by atoms with E-state index in [0.29, 0.717) is 11.5 Å². The van der Waals surface area contributed by atoms with Crippen molar-refractivity contribution in [3.05, 3.63) is 83.8 Å². The summed E-state index contributed by atoms with van der Waals surface area (Å²) in [7, 11) is 0. The molecule has 126 valence electrons. The molecule has 0 aliphatic carbocycles. The second kappa shape index (κ2) is 7.57. The number of aromatic nitrogens is 2. The van der Waals surface area contributed by atoms with Crippen molar-refractivity contribution in [1.82, 2.24) is 9.97 Å². The molecule has 0 fully saturated rings. The Labute approximate surface area is 147 Å². The van der Waals surface area contributed by atoms with Gasteiger partial charge in [-0.3, -0.25) is 4.79 Å². The van der Waals surface area contributed by atoms with E-state index in [1.807, 2.05) is 68.4 Å². The quantitative estimate of drug-likeness (QED) is 0.734. The van der Waals surface area contributed by atoms with Gasteiger partial charge in [-0.1, -0.05) is 48.5 Å². The maximum atomic E-state index is 12.4. The Morgan fingerprint density at radius 1 is 1.00 bits per heavy atom. The number of carbonyl (C=O) groups excluding carboxylic acids is 1. The second-order valence-electron chi connectivity index (χ2n) is 5.83. The molecule has 0 spiro atoms. The number of amides is 1. The molecule has 1 heterocycles. The number of benzene rings is 2. The molecule has 0 aliphatic rings. The van der Waals surface area contributed by atoms with Gasteiger partial charge in [0.25, 0.3) is 5.91 Å². The van der Waals surface area contributed by atoms with E-state index >= 15 is 0 Å². The number of carbonyl (C=O) groups is 1. The molecule has 1 amide bonds. The van der Waals surface area contributed by atoms with Crippen LogP contribution in [0.4, 0.5) is 11.5 Å². The molecule has 3 aromatic rings. The van der Waals surface area contributed by atoms with Crippen molar-refractivity contribution in [3.8, 4) is 0 Å². The number of para-hydroxylation sites is 1. The third-order valence-corrected chi connectivity index (χ3v) is 3.96. The molecule has 0 radical (unpaired) electrons. The Kier molecular flexibility index (Phi) is 5.04.